The van der Waals surface area contributed by atoms with Gasteiger partial charge in [-0.3, -0.25) is 0 Å². The van der Waals surface area contributed by atoms with E-state index in [0.29, 0.717) is 11.8 Å². The molecule has 0 radical (unpaired) electrons. The van der Waals surface area contributed by atoms with Gasteiger partial charge in [0, 0.05) is 6.07 Å². The van der Waals surface area contributed by atoms with Gasteiger partial charge in [-0.1, -0.05) is 0 Å². The van der Waals surface area contributed by atoms with Crippen molar-refractivity contribution in [3.05, 3.63) is 16.0 Å². The number of aromatic nitrogens is 1. The largest absolute Gasteiger partial charge is 0.489 e. The Hall–Kier alpha value is -0.520. The molecule has 3 nitrogen and oxygen atoms in total. The van der Waals surface area contributed by atoms with E-state index < -0.39 is 0 Å². The molecule has 64 valence electrons. The van der Waals surface area contributed by atoms with Gasteiger partial charge in [-0.05, 0) is 35.4 Å². The highest BCUT2D eigenvalue weighted by atomic mass is 127. The van der Waals surface area contributed by atoms with Gasteiger partial charge in [-0.25, -0.2) is 4.98 Å². The standard InChI is InChI=1S/C8H9IN2O/c9-8-7(10)3-6(4-11-8)12-5-1-2-5/h3-5H,1-2,10H2. The third-order valence-corrected chi connectivity index (χ3v) is 2.57. The number of rotatable bonds is 2. The number of pyridine rings is 1. The minimum Gasteiger partial charge on any atom is -0.489 e. The van der Waals surface area contributed by atoms with Crippen LogP contribution < -0.4 is 10.5 Å². The summed E-state index contributed by atoms with van der Waals surface area (Å²) < 4.78 is 6.34. The predicted octanol–water partition coefficient (Wildman–Crippen LogP) is 1.81. The summed E-state index contributed by atoms with van der Waals surface area (Å²) in [7, 11) is 0. The Balaban J connectivity index is 2.15. The maximum absolute atomic E-state index is 5.67. The summed E-state index contributed by atoms with van der Waals surface area (Å²) in [5, 5.41) is 0. The van der Waals surface area contributed by atoms with Crippen molar-refractivity contribution in [3.8, 4) is 5.75 Å². The van der Waals surface area contributed by atoms with Gasteiger partial charge >= 0.3 is 0 Å². The molecule has 1 aliphatic carbocycles. The molecule has 1 heterocycles. The third-order valence-electron chi connectivity index (χ3n) is 1.67. The van der Waals surface area contributed by atoms with Crippen LogP contribution in [-0.4, -0.2) is 11.1 Å². The van der Waals surface area contributed by atoms with E-state index in [1.54, 1.807) is 6.20 Å². The first-order chi connectivity index (χ1) is 5.75. The highest BCUT2D eigenvalue weighted by Crippen LogP contribution is 2.27. The van der Waals surface area contributed by atoms with Crippen LogP contribution in [0.15, 0.2) is 12.3 Å². The molecular weight excluding hydrogens is 267 g/mol. The van der Waals surface area contributed by atoms with E-state index >= 15 is 0 Å². The van der Waals surface area contributed by atoms with Crippen LogP contribution >= 0.6 is 22.6 Å². The maximum Gasteiger partial charge on any atom is 0.140 e. The summed E-state index contributed by atoms with van der Waals surface area (Å²) in [4.78, 5) is 4.10. The van der Waals surface area contributed by atoms with Crippen LogP contribution in [0.4, 0.5) is 5.69 Å². The SMILES string of the molecule is Nc1cc(OC2CC2)cnc1I. The lowest BCUT2D eigenvalue weighted by Crippen LogP contribution is -1.99. The normalized spacial score (nSPS) is 16.1. The van der Waals surface area contributed by atoms with E-state index in [4.69, 9.17) is 10.5 Å². The Bertz CT molecular complexity index is 299. The van der Waals surface area contributed by atoms with Gasteiger partial charge in [-0.2, -0.15) is 0 Å². The van der Waals surface area contributed by atoms with Crippen molar-refractivity contribution in [1.82, 2.24) is 4.98 Å². The first-order valence-electron chi connectivity index (χ1n) is 3.83. The summed E-state index contributed by atoms with van der Waals surface area (Å²) in [6, 6.07) is 1.83. The Morgan fingerprint density at radius 3 is 2.92 bits per heavy atom. The van der Waals surface area contributed by atoms with Crippen molar-refractivity contribution in [2.75, 3.05) is 5.73 Å². The van der Waals surface area contributed by atoms with Gasteiger partial charge in [0.2, 0.25) is 0 Å². The maximum atomic E-state index is 5.67. The predicted molar refractivity (Wildman–Crippen MR) is 55.0 cm³/mol. The monoisotopic (exact) mass is 276 g/mol. The van der Waals surface area contributed by atoms with Crippen LogP contribution in [0.5, 0.6) is 5.75 Å². The van der Waals surface area contributed by atoms with Gasteiger partial charge in [0.25, 0.3) is 0 Å². The van der Waals surface area contributed by atoms with Crippen molar-refractivity contribution in [1.29, 1.82) is 0 Å². The Morgan fingerprint density at radius 2 is 2.33 bits per heavy atom. The molecule has 1 saturated carbocycles. The lowest BCUT2D eigenvalue weighted by Gasteiger charge is -2.04. The quantitative estimate of drug-likeness (QED) is 0.662. The van der Waals surface area contributed by atoms with Gasteiger partial charge in [0.05, 0.1) is 18.0 Å². The summed E-state index contributed by atoms with van der Waals surface area (Å²) in [5.41, 5.74) is 6.36. The van der Waals surface area contributed by atoms with Crippen molar-refractivity contribution in [3.63, 3.8) is 0 Å². The fourth-order valence-corrected chi connectivity index (χ4v) is 1.18. The van der Waals surface area contributed by atoms with Crippen LogP contribution in [0.2, 0.25) is 0 Å². The van der Waals surface area contributed by atoms with E-state index in [9.17, 15) is 0 Å². The summed E-state index contributed by atoms with van der Waals surface area (Å²) in [6.45, 7) is 0. The molecule has 0 aromatic carbocycles. The molecule has 1 aromatic rings. The first-order valence-corrected chi connectivity index (χ1v) is 4.91. The van der Waals surface area contributed by atoms with Gasteiger partial charge < -0.3 is 10.5 Å². The minimum absolute atomic E-state index is 0.409. The lowest BCUT2D eigenvalue weighted by molar-refractivity contribution is 0.302. The second kappa shape index (κ2) is 3.08. The highest BCUT2D eigenvalue weighted by molar-refractivity contribution is 14.1. The van der Waals surface area contributed by atoms with Crippen LogP contribution in [0.25, 0.3) is 0 Å². The highest BCUT2D eigenvalue weighted by Gasteiger charge is 2.23. The number of hydrogen-bond acceptors (Lipinski definition) is 3. The molecule has 4 heteroatoms. The average Bonchev–Trinajstić information content (AvgIpc) is 2.81. The van der Waals surface area contributed by atoms with Crippen molar-refractivity contribution in [2.45, 2.75) is 18.9 Å². The zero-order chi connectivity index (χ0) is 8.55. The minimum atomic E-state index is 0.409. The third kappa shape index (κ3) is 1.80. The molecule has 12 heavy (non-hydrogen) atoms. The molecule has 0 spiro atoms. The number of halogens is 1. The molecule has 2 rings (SSSR count). The number of nitrogen functional groups attached to an aromatic ring is 1. The van der Waals surface area contributed by atoms with Gasteiger partial charge in [-0.15, -0.1) is 0 Å². The fourth-order valence-electron chi connectivity index (χ4n) is 0.888. The Morgan fingerprint density at radius 1 is 1.58 bits per heavy atom. The van der Waals surface area contributed by atoms with Crippen LogP contribution in [-0.2, 0) is 0 Å². The molecule has 0 aliphatic heterocycles. The first kappa shape index (κ1) is 8.10. The molecule has 0 unspecified atom stereocenters. The van der Waals surface area contributed by atoms with Crippen molar-refractivity contribution < 1.29 is 4.74 Å². The molecular formula is C8H9IN2O. The summed E-state index contributed by atoms with van der Waals surface area (Å²) in [5.74, 6) is 0.787. The smallest absolute Gasteiger partial charge is 0.140 e. The summed E-state index contributed by atoms with van der Waals surface area (Å²) >= 11 is 2.10. The lowest BCUT2D eigenvalue weighted by atomic mass is 10.4. The molecule has 1 aliphatic rings. The molecule has 0 atom stereocenters. The molecule has 2 N–H and O–H groups in total. The zero-order valence-electron chi connectivity index (χ0n) is 6.46. The van der Waals surface area contributed by atoms with Crippen molar-refractivity contribution in [2.24, 2.45) is 0 Å². The van der Waals surface area contributed by atoms with Crippen LogP contribution in [0, 0.1) is 3.70 Å². The van der Waals surface area contributed by atoms with Gasteiger partial charge in [0.1, 0.15) is 9.45 Å². The van der Waals surface area contributed by atoms with E-state index in [-0.39, 0.29) is 0 Å². The van der Waals surface area contributed by atoms with E-state index in [1.165, 1.54) is 0 Å². The van der Waals surface area contributed by atoms with Crippen molar-refractivity contribution >= 4 is 28.3 Å². The number of nitrogens with two attached hydrogens (primary N) is 1. The van der Waals surface area contributed by atoms with Crippen LogP contribution in [0.1, 0.15) is 12.8 Å². The number of anilines is 1. The van der Waals surface area contributed by atoms with E-state index in [0.717, 1.165) is 22.3 Å². The Kier molecular flexibility index (Phi) is 2.08. The average molecular weight is 276 g/mol. The Labute approximate surface area is 84.5 Å². The van der Waals surface area contributed by atoms with E-state index in [1.807, 2.05) is 6.07 Å². The fraction of sp³-hybridized carbons (Fsp3) is 0.375. The molecule has 0 amide bonds. The molecule has 0 saturated heterocycles. The summed E-state index contributed by atoms with van der Waals surface area (Å²) in [6.07, 6.45) is 4.44. The second-order valence-electron chi connectivity index (χ2n) is 2.87. The molecule has 1 fully saturated rings. The second-order valence-corrected chi connectivity index (χ2v) is 3.89. The molecule has 0 bridgehead atoms. The van der Waals surface area contributed by atoms with Crippen LogP contribution in [0.3, 0.4) is 0 Å². The number of ether oxygens (including phenoxy) is 1. The van der Waals surface area contributed by atoms with Gasteiger partial charge in [0.15, 0.2) is 0 Å². The van der Waals surface area contributed by atoms with E-state index in [2.05, 4.69) is 27.6 Å². The topological polar surface area (TPSA) is 48.1 Å². The number of nitrogens with zero attached hydrogens (tertiary/aromatic N) is 1. The number of hydrogen-bond donors (Lipinski definition) is 1. The zero-order valence-corrected chi connectivity index (χ0v) is 8.61. The molecule has 1 aromatic heterocycles.